The Labute approximate surface area is 45.2 Å². The van der Waals surface area contributed by atoms with E-state index in [0.717, 1.165) is 0 Å². The highest BCUT2D eigenvalue weighted by Crippen LogP contribution is 2.02. The first-order valence-corrected chi connectivity index (χ1v) is 2.67. The molecule has 0 radical (unpaired) electrons. The Morgan fingerprint density at radius 1 is 2.00 bits per heavy atom. The molecule has 6 heavy (non-hydrogen) atoms. The van der Waals surface area contributed by atoms with Crippen molar-refractivity contribution in [3.8, 4) is 0 Å². The van der Waals surface area contributed by atoms with Gasteiger partial charge in [0.1, 0.15) is 5.83 Å². The van der Waals surface area contributed by atoms with Gasteiger partial charge in [-0.3, -0.25) is 0 Å². The molecule has 0 aliphatic carbocycles. The van der Waals surface area contributed by atoms with Crippen LogP contribution in [0.2, 0.25) is 0 Å². The molecule has 0 unspecified atom stereocenters. The molecular weight excluding hydrogens is 147 g/mol. The van der Waals surface area contributed by atoms with Crippen molar-refractivity contribution in [2.45, 2.75) is 13.3 Å². The van der Waals surface area contributed by atoms with Crippen molar-refractivity contribution in [3.05, 3.63) is 10.8 Å². The van der Waals surface area contributed by atoms with Crippen LogP contribution in [0, 0.1) is 0 Å². The van der Waals surface area contributed by atoms with Gasteiger partial charge in [-0.2, -0.15) is 0 Å². The first-order valence-electron chi connectivity index (χ1n) is 1.76. The van der Waals surface area contributed by atoms with Gasteiger partial charge < -0.3 is 0 Å². The molecule has 2 heteroatoms. The molecule has 0 heterocycles. The number of rotatable bonds is 1. The van der Waals surface area contributed by atoms with Crippen molar-refractivity contribution in [2.75, 3.05) is 0 Å². The third-order valence-corrected chi connectivity index (χ3v) is 0.953. The number of hydrogen-bond donors (Lipinski definition) is 0. The van der Waals surface area contributed by atoms with Gasteiger partial charge in [-0.05, 0) is 6.42 Å². The van der Waals surface area contributed by atoms with Crippen molar-refractivity contribution in [3.63, 3.8) is 0 Å². The monoisotopic (exact) mass is 152 g/mol. The lowest BCUT2D eigenvalue weighted by atomic mass is 10.5. The van der Waals surface area contributed by atoms with E-state index in [2.05, 4.69) is 15.9 Å². The van der Waals surface area contributed by atoms with Gasteiger partial charge >= 0.3 is 0 Å². The molecule has 0 amide bonds. The molecule has 36 valence electrons. The highest BCUT2D eigenvalue weighted by atomic mass is 79.9. The number of halogens is 2. The Morgan fingerprint density at radius 2 is 2.50 bits per heavy atom. The molecule has 0 N–H and O–H groups in total. The van der Waals surface area contributed by atoms with Crippen LogP contribution in [0.5, 0.6) is 0 Å². The van der Waals surface area contributed by atoms with Crippen molar-refractivity contribution in [1.82, 2.24) is 0 Å². The summed E-state index contributed by atoms with van der Waals surface area (Å²) in [6.07, 6.45) is 0.477. The second-order valence-electron chi connectivity index (χ2n) is 0.910. The average Bonchev–Trinajstić information content (AvgIpc) is 1.65. The summed E-state index contributed by atoms with van der Waals surface area (Å²) >= 11 is 2.84. The molecule has 0 saturated carbocycles. The van der Waals surface area contributed by atoms with Gasteiger partial charge in [0, 0.05) is 4.99 Å². The second-order valence-corrected chi connectivity index (χ2v) is 1.37. The van der Waals surface area contributed by atoms with E-state index >= 15 is 0 Å². The van der Waals surface area contributed by atoms with Crippen LogP contribution in [-0.4, -0.2) is 0 Å². The Balaban J connectivity index is 3.22. The first-order chi connectivity index (χ1) is 2.81. The summed E-state index contributed by atoms with van der Waals surface area (Å²) in [5.41, 5.74) is 0. The Bertz CT molecular complexity index is 58.6. The molecule has 0 nitrogen and oxygen atoms in total. The van der Waals surface area contributed by atoms with Crippen LogP contribution in [0.4, 0.5) is 4.39 Å². The predicted molar refractivity (Wildman–Crippen MR) is 28.4 cm³/mol. The SMILES string of the molecule is CCC(F)=CBr. The van der Waals surface area contributed by atoms with Crippen LogP contribution in [0.25, 0.3) is 0 Å². The van der Waals surface area contributed by atoms with Crippen LogP contribution in [0.3, 0.4) is 0 Å². The molecule has 0 spiro atoms. The Hall–Kier alpha value is 0.150. The number of hydrogen-bond acceptors (Lipinski definition) is 0. The third kappa shape index (κ3) is 2.39. The van der Waals surface area contributed by atoms with Crippen LogP contribution in [-0.2, 0) is 0 Å². The van der Waals surface area contributed by atoms with Gasteiger partial charge in [0.2, 0.25) is 0 Å². The lowest BCUT2D eigenvalue weighted by Gasteiger charge is -1.78. The molecule has 0 rings (SSSR count). The number of allylic oxidation sites excluding steroid dienone is 1. The Morgan fingerprint density at radius 3 is 2.50 bits per heavy atom. The van der Waals surface area contributed by atoms with Gasteiger partial charge in [-0.15, -0.1) is 0 Å². The zero-order valence-electron chi connectivity index (χ0n) is 3.54. The molecule has 0 aliphatic heterocycles. The summed E-state index contributed by atoms with van der Waals surface area (Å²) in [5, 5.41) is 0. The van der Waals surface area contributed by atoms with Crippen LogP contribution in [0.1, 0.15) is 13.3 Å². The first kappa shape index (κ1) is 6.15. The maximum atomic E-state index is 11.7. The molecule has 0 aromatic carbocycles. The van der Waals surface area contributed by atoms with Gasteiger partial charge in [0.15, 0.2) is 0 Å². The third-order valence-electron chi connectivity index (χ3n) is 0.456. The normalized spacial score (nSPS) is 12.2. The highest BCUT2D eigenvalue weighted by molar-refractivity contribution is 9.11. The van der Waals surface area contributed by atoms with E-state index in [-0.39, 0.29) is 5.83 Å². The van der Waals surface area contributed by atoms with Crippen LogP contribution < -0.4 is 0 Å². The molecule has 0 fully saturated rings. The molecule has 0 aliphatic rings. The van der Waals surface area contributed by atoms with E-state index in [1.165, 1.54) is 4.99 Å². The van der Waals surface area contributed by atoms with E-state index in [0.29, 0.717) is 6.42 Å². The van der Waals surface area contributed by atoms with Crippen LogP contribution in [0.15, 0.2) is 10.8 Å². The second kappa shape index (κ2) is 3.34. The highest BCUT2D eigenvalue weighted by Gasteiger charge is 1.80. The summed E-state index contributed by atoms with van der Waals surface area (Å²) in [4.78, 5) is 1.28. The maximum absolute atomic E-state index is 11.7. The fourth-order valence-corrected chi connectivity index (χ4v) is 0.401. The molecular formula is C4H6BrF. The van der Waals surface area contributed by atoms with E-state index < -0.39 is 0 Å². The van der Waals surface area contributed by atoms with Crippen molar-refractivity contribution < 1.29 is 4.39 Å². The quantitative estimate of drug-likeness (QED) is 0.543. The summed E-state index contributed by atoms with van der Waals surface area (Å²) in [7, 11) is 0. The van der Waals surface area contributed by atoms with Crippen molar-refractivity contribution in [1.29, 1.82) is 0 Å². The predicted octanol–water partition coefficient (Wildman–Crippen LogP) is 2.60. The zero-order valence-corrected chi connectivity index (χ0v) is 5.13. The van der Waals surface area contributed by atoms with E-state index in [4.69, 9.17) is 0 Å². The fraction of sp³-hybridized carbons (Fsp3) is 0.500. The molecule has 0 saturated heterocycles. The smallest absolute Gasteiger partial charge is 0.107 e. The maximum Gasteiger partial charge on any atom is 0.107 e. The fourth-order valence-electron chi connectivity index (χ4n) is 0.0772. The van der Waals surface area contributed by atoms with Crippen LogP contribution >= 0.6 is 15.9 Å². The largest absolute Gasteiger partial charge is 0.211 e. The topological polar surface area (TPSA) is 0 Å². The summed E-state index contributed by atoms with van der Waals surface area (Å²) in [5.74, 6) is -0.116. The minimum Gasteiger partial charge on any atom is -0.211 e. The average molecular weight is 153 g/mol. The summed E-state index contributed by atoms with van der Waals surface area (Å²) < 4.78 is 11.7. The summed E-state index contributed by atoms with van der Waals surface area (Å²) in [6.45, 7) is 1.76. The molecule has 0 aromatic heterocycles. The lowest BCUT2D eigenvalue weighted by Crippen LogP contribution is -1.59. The van der Waals surface area contributed by atoms with E-state index in [1.54, 1.807) is 6.92 Å². The van der Waals surface area contributed by atoms with Gasteiger partial charge in [-0.25, -0.2) is 4.39 Å². The van der Waals surface area contributed by atoms with Crippen molar-refractivity contribution in [2.24, 2.45) is 0 Å². The molecule has 0 atom stereocenters. The molecule has 0 aromatic rings. The Kier molecular flexibility index (Phi) is 3.43. The lowest BCUT2D eigenvalue weighted by molar-refractivity contribution is 0.608. The van der Waals surface area contributed by atoms with Crippen molar-refractivity contribution >= 4 is 15.9 Å². The summed E-state index contributed by atoms with van der Waals surface area (Å²) in [6, 6.07) is 0. The minimum absolute atomic E-state index is 0.116. The zero-order chi connectivity index (χ0) is 4.99. The van der Waals surface area contributed by atoms with Gasteiger partial charge in [-0.1, -0.05) is 22.9 Å². The van der Waals surface area contributed by atoms with E-state index in [1.807, 2.05) is 0 Å². The minimum atomic E-state index is -0.116. The molecule has 0 bridgehead atoms. The van der Waals surface area contributed by atoms with E-state index in [9.17, 15) is 4.39 Å². The van der Waals surface area contributed by atoms with Gasteiger partial charge in [0.25, 0.3) is 0 Å². The standard InChI is InChI=1S/C4H6BrF/c1-2-4(6)3-5/h3H,2H2,1H3. The van der Waals surface area contributed by atoms with Gasteiger partial charge in [0.05, 0.1) is 0 Å².